The van der Waals surface area contributed by atoms with Crippen molar-refractivity contribution in [2.24, 2.45) is 5.92 Å². The minimum atomic E-state index is 0.0516. The van der Waals surface area contributed by atoms with Crippen LogP contribution in [0.15, 0.2) is 0 Å². The summed E-state index contributed by atoms with van der Waals surface area (Å²) in [4.78, 5) is 13.0. The molecule has 0 aromatic rings. The molecule has 1 atom stereocenters. The molecule has 0 radical (unpaired) electrons. The molecule has 0 bridgehead atoms. The molecule has 1 rings (SSSR count). The molecule has 1 saturated heterocycles. The van der Waals surface area contributed by atoms with Crippen LogP contribution in [-0.2, 0) is 0 Å². The number of nitrogens with zero attached hydrogens (tertiary/aromatic N) is 1. The molecule has 0 spiro atoms. The Labute approximate surface area is 97.2 Å². The highest BCUT2D eigenvalue weighted by Gasteiger charge is 2.17. The van der Waals surface area contributed by atoms with Crippen LogP contribution in [0, 0.1) is 5.92 Å². The molecule has 0 aliphatic carbocycles. The highest BCUT2D eigenvalue weighted by molar-refractivity contribution is 5.76. The maximum absolute atomic E-state index is 11.2. The fourth-order valence-electron chi connectivity index (χ4n) is 1.73. The van der Waals surface area contributed by atoms with Crippen LogP contribution in [0.4, 0.5) is 4.79 Å². The van der Waals surface area contributed by atoms with Gasteiger partial charge in [0.2, 0.25) is 0 Å². The standard InChI is InChI=1S/C11H23N3O2/c1-10(9-15)3-2-4-12-5-7-14-8-6-13-11(14)16/h10,12,15H,2-9H2,1H3,(H,13,16). The lowest BCUT2D eigenvalue weighted by atomic mass is 10.1. The van der Waals surface area contributed by atoms with Gasteiger partial charge in [-0.15, -0.1) is 0 Å². The minimum Gasteiger partial charge on any atom is -0.396 e. The van der Waals surface area contributed by atoms with Gasteiger partial charge >= 0.3 is 6.03 Å². The third-order valence-electron chi connectivity index (χ3n) is 2.87. The van der Waals surface area contributed by atoms with E-state index in [0.29, 0.717) is 5.92 Å². The molecule has 1 heterocycles. The molecule has 94 valence electrons. The first-order valence-corrected chi connectivity index (χ1v) is 6.08. The molecule has 16 heavy (non-hydrogen) atoms. The molecule has 1 aliphatic heterocycles. The number of amides is 2. The van der Waals surface area contributed by atoms with E-state index in [0.717, 1.165) is 45.6 Å². The van der Waals surface area contributed by atoms with Crippen LogP contribution in [-0.4, -0.2) is 55.4 Å². The second-order valence-electron chi connectivity index (χ2n) is 4.40. The Kier molecular flexibility index (Phi) is 6.18. The number of carbonyl (C=O) groups is 1. The molecule has 5 heteroatoms. The summed E-state index contributed by atoms with van der Waals surface area (Å²) < 4.78 is 0. The van der Waals surface area contributed by atoms with Crippen LogP contribution in [0.1, 0.15) is 19.8 Å². The Morgan fingerprint density at radius 1 is 1.56 bits per heavy atom. The maximum atomic E-state index is 11.2. The van der Waals surface area contributed by atoms with Crippen molar-refractivity contribution in [3.05, 3.63) is 0 Å². The number of rotatable bonds is 8. The van der Waals surface area contributed by atoms with Crippen LogP contribution in [0.3, 0.4) is 0 Å². The fourth-order valence-corrected chi connectivity index (χ4v) is 1.73. The molecule has 2 amide bonds. The van der Waals surface area contributed by atoms with Crippen LogP contribution in [0.25, 0.3) is 0 Å². The lowest BCUT2D eigenvalue weighted by Crippen LogP contribution is -2.35. The van der Waals surface area contributed by atoms with Crippen molar-refractivity contribution in [1.82, 2.24) is 15.5 Å². The number of hydrogen-bond donors (Lipinski definition) is 3. The van der Waals surface area contributed by atoms with Crippen molar-refractivity contribution in [3.63, 3.8) is 0 Å². The molecule has 5 nitrogen and oxygen atoms in total. The Balaban J connectivity index is 1.90. The summed E-state index contributed by atoms with van der Waals surface area (Å²) in [5, 5.41) is 14.9. The molecular formula is C11H23N3O2. The van der Waals surface area contributed by atoms with E-state index in [1.165, 1.54) is 0 Å². The zero-order chi connectivity index (χ0) is 11.8. The second kappa shape index (κ2) is 7.46. The largest absolute Gasteiger partial charge is 0.396 e. The summed E-state index contributed by atoms with van der Waals surface area (Å²) in [7, 11) is 0. The van der Waals surface area contributed by atoms with Crippen LogP contribution in [0.5, 0.6) is 0 Å². The van der Waals surface area contributed by atoms with Gasteiger partial charge in [0.25, 0.3) is 0 Å². The number of urea groups is 1. The lowest BCUT2D eigenvalue weighted by molar-refractivity contribution is 0.217. The summed E-state index contributed by atoms with van der Waals surface area (Å²) in [6.45, 7) is 6.50. The molecule has 3 N–H and O–H groups in total. The topological polar surface area (TPSA) is 64.6 Å². The van der Waals surface area contributed by atoms with Gasteiger partial charge in [-0.1, -0.05) is 6.92 Å². The third-order valence-corrected chi connectivity index (χ3v) is 2.87. The van der Waals surface area contributed by atoms with Gasteiger partial charge in [-0.2, -0.15) is 0 Å². The Morgan fingerprint density at radius 3 is 3.00 bits per heavy atom. The van der Waals surface area contributed by atoms with Gasteiger partial charge < -0.3 is 20.6 Å². The first kappa shape index (κ1) is 13.3. The molecule has 1 fully saturated rings. The van der Waals surface area contributed by atoms with Gasteiger partial charge in [0, 0.05) is 32.8 Å². The van der Waals surface area contributed by atoms with E-state index in [9.17, 15) is 4.79 Å². The highest BCUT2D eigenvalue weighted by atomic mass is 16.3. The molecule has 0 saturated carbocycles. The van der Waals surface area contributed by atoms with E-state index < -0.39 is 0 Å². The van der Waals surface area contributed by atoms with Gasteiger partial charge in [-0.25, -0.2) is 4.79 Å². The fraction of sp³-hybridized carbons (Fsp3) is 0.909. The summed E-state index contributed by atoms with van der Waals surface area (Å²) >= 11 is 0. The van der Waals surface area contributed by atoms with Gasteiger partial charge in [0.1, 0.15) is 0 Å². The van der Waals surface area contributed by atoms with Gasteiger partial charge in [-0.05, 0) is 25.3 Å². The van der Waals surface area contributed by atoms with Crippen molar-refractivity contribution >= 4 is 6.03 Å². The maximum Gasteiger partial charge on any atom is 0.317 e. The first-order chi connectivity index (χ1) is 7.74. The Hall–Kier alpha value is -0.810. The van der Waals surface area contributed by atoms with E-state index in [1.54, 1.807) is 0 Å². The zero-order valence-electron chi connectivity index (χ0n) is 10.0. The summed E-state index contributed by atoms with van der Waals surface area (Å²) in [6, 6.07) is 0.0516. The van der Waals surface area contributed by atoms with Crippen molar-refractivity contribution in [1.29, 1.82) is 0 Å². The van der Waals surface area contributed by atoms with Crippen LogP contribution < -0.4 is 10.6 Å². The van der Waals surface area contributed by atoms with Gasteiger partial charge in [0.05, 0.1) is 0 Å². The zero-order valence-corrected chi connectivity index (χ0v) is 10.0. The third kappa shape index (κ3) is 4.81. The lowest BCUT2D eigenvalue weighted by Gasteiger charge is -2.14. The predicted octanol–water partition coefficient (Wildman–Crippen LogP) is 0.00980. The van der Waals surface area contributed by atoms with Crippen molar-refractivity contribution in [2.75, 3.05) is 39.3 Å². The summed E-state index contributed by atoms with van der Waals surface area (Å²) in [5.41, 5.74) is 0. The van der Waals surface area contributed by atoms with Gasteiger partial charge in [-0.3, -0.25) is 0 Å². The molecule has 0 aromatic heterocycles. The monoisotopic (exact) mass is 229 g/mol. The van der Waals surface area contributed by atoms with Crippen LogP contribution >= 0.6 is 0 Å². The second-order valence-corrected chi connectivity index (χ2v) is 4.40. The minimum absolute atomic E-state index is 0.0516. The number of aliphatic hydroxyl groups is 1. The summed E-state index contributed by atoms with van der Waals surface area (Å²) in [6.07, 6.45) is 2.13. The summed E-state index contributed by atoms with van der Waals surface area (Å²) in [5.74, 6) is 0.395. The molecule has 0 aromatic carbocycles. The number of hydrogen-bond acceptors (Lipinski definition) is 3. The van der Waals surface area contributed by atoms with E-state index in [4.69, 9.17) is 5.11 Å². The van der Waals surface area contributed by atoms with Crippen molar-refractivity contribution in [3.8, 4) is 0 Å². The molecular weight excluding hydrogens is 206 g/mol. The highest BCUT2D eigenvalue weighted by Crippen LogP contribution is 2.02. The van der Waals surface area contributed by atoms with Gasteiger partial charge in [0.15, 0.2) is 0 Å². The number of nitrogens with one attached hydrogen (secondary N) is 2. The van der Waals surface area contributed by atoms with E-state index in [2.05, 4.69) is 17.6 Å². The Bertz CT molecular complexity index is 211. The smallest absolute Gasteiger partial charge is 0.317 e. The van der Waals surface area contributed by atoms with Crippen LogP contribution in [0.2, 0.25) is 0 Å². The Morgan fingerprint density at radius 2 is 2.38 bits per heavy atom. The first-order valence-electron chi connectivity index (χ1n) is 6.08. The van der Waals surface area contributed by atoms with E-state index in [-0.39, 0.29) is 12.6 Å². The normalized spacial score (nSPS) is 17.6. The van der Waals surface area contributed by atoms with E-state index >= 15 is 0 Å². The SMILES string of the molecule is CC(CO)CCCNCCN1CCNC1=O. The van der Waals surface area contributed by atoms with E-state index in [1.807, 2.05) is 4.90 Å². The average Bonchev–Trinajstić information content (AvgIpc) is 2.69. The number of carbonyl (C=O) groups excluding carboxylic acids is 1. The quantitative estimate of drug-likeness (QED) is 0.514. The van der Waals surface area contributed by atoms with Crippen molar-refractivity contribution in [2.45, 2.75) is 19.8 Å². The predicted molar refractivity (Wildman–Crippen MR) is 63.3 cm³/mol. The molecule has 1 aliphatic rings. The number of aliphatic hydroxyl groups excluding tert-OH is 1. The average molecular weight is 229 g/mol. The van der Waals surface area contributed by atoms with Crippen molar-refractivity contribution < 1.29 is 9.90 Å². The molecule has 1 unspecified atom stereocenters.